The zero-order valence-corrected chi connectivity index (χ0v) is 21.6. The number of para-hydroxylation sites is 1. The van der Waals surface area contributed by atoms with Gasteiger partial charge in [-0.05, 0) is 36.7 Å². The lowest BCUT2D eigenvalue weighted by atomic mass is 10.0. The van der Waals surface area contributed by atoms with Gasteiger partial charge in [0.1, 0.15) is 27.0 Å². The van der Waals surface area contributed by atoms with Gasteiger partial charge in [0.15, 0.2) is 5.13 Å². The molecule has 3 aromatic heterocycles. The first kappa shape index (κ1) is 21.8. The molecular formula is C25H24N4O2S3. The average Bonchev–Trinajstić information content (AvgIpc) is 3.56. The lowest BCUT2D eigenvalue weighted by molar-refractivity contribution is 0.272. The van der Waals surface area contributed by atoms with Gasteiger partial charge in [-0.2, -0.15) is 0 Å². The zero-order chi connectivity index (χ0) is 23.2. The van der Waals surface area contributed by atoms with Crippen LogP contribution in [-0.2, 0) is 13.0 Å². The molecule has 6 rings (SSSR count). The molecule has 6 nitrogen and oxygen atoms in total. The number of thiazole rings is 2. The molecular weight excluding hydrogens is 485 g/mol. The Morgan fingerprint density at radius 3 is 2.71 bits per heavy atom. The van der Waals surface area contributed by atoms with Crippen LogP contribution in [0.25, 0.3) is 31.0 Å². The normalized spacial score (nSPS) is 14.0. The number of rotatable bonds is 6. The van der Waals surface area contributed by atoms with E-state index in [0.29, 0.717) is 5.75 Å². The molecule has 5 aromatic rings. The van der Waals surface area contributed by atoms with Gasteiger partial charge in [0.25, 0.3) is 0 Å². The topological polar surface area (TPSA) is 59.5 Å². The van der Waals surface area contributed by atoms with Crippen molar-refractivity contribution in [3.63, 3.8) is 0 Å². The van der Waals surface area contributed by atoms with E-state index < -0.39 is 0 Å². The minimum Gasteiger partial charge on any atom is -0.497 e. The predicted molar refractivity (Wildman–Crippen MR) is 144 cm³/mol. The van der Waals surface area contributed by atoms with Crippen LogP contribution >= 0.6 is 34.0 Å². The van der Waals surface area contributed by atoms with Gasteiger partial charge in [0.05, 0.1) is 29.1 Å². The van der Waals surface area contributed by atoms with E-state index in [4.69, 9.17) is 19.4 Å². The molecule has 174 valence electrons. The van der Waals surface area contributed by atoms with Crippen LogP contribution in [0.2, 0.25) is 0 Å². The molecule has 0 saturated heterocycles. The Kier molecular flexibility index (Phi) is 5.65. The maximum Gasteiger partial charge on any atom is 0.189 e. The number of ether oxygens (including phenoxy) is 2. The maximum absolute atomic E-state index is 5.58. The summed E-state index contributed by atoms with van der Waals surface area (Å²) in [5, 5.41) is 6.70. The third kappa shape index (κ3) is 3.73. The molecule has 34 heavy (non-hydrogen) atoms. The summed E-state index contributed by atoms with van der Waals surface area (Å²) in [6.07, 6.45) is 1.04. The largest absolute Gasteiger partial charge is 0.497 e. The van der Waals surface area contributed by atoms with Crippen LogP contribution in [0.3, 0.4) is 0 Å². The third-order valence-corrected chi connectivity index (χ3v) is 9.30. The third-order valence-electron chi connectivity index (χ3n) is 6.20. The van der Waals surface area contributed by atoms with Gasteiger partial charge >= 0.3 is 0 Å². The highest BCUT2D eigenvalue weighted by molar-refractivity contribution is 7.24. The van der Waals surface area contributed by atoms with Gasteiger partial charge in [0.2, 0.25) is 0 Å². The first-order valence-corrected chi connectivity index (χ1v) is 13.6. The molecule has 9 heteroatoms. The number of anilines is 2. The molecule has 1 aliphatic rings. The van der Waals surface area contributed by atoms with Crippen LogP contribution in [0.4, 0.5) is 10.1 Å². The second-order valence-electron chi connectivity index (χ2n) is 8.13. The summed E-state index contributed by atoms with van der Waals surface area (Å²) in [6.45, 7) is 5.36. The van der Waals surface area contributed by atoms with Crippen LogP contribution < -0.4 is 14.8 Å². The number of nitrogens with zero attached hydrogens (tertiary/aromatic N) is 3. The fraction of sp³-hybridized carbons (Fsp3) is 0.280. The number of likely N-dealkylation sites (N-methyl/N-ethyl adjacent to an activating group) is 1. The van der Waals surface area contributed by atoms with E-state index in [2.05, 4.69) is 41.4 Å². The van der Waals surface area contributed by atoms with E-state index in [1.807, 2.05) is 23.5 Å². The van der Waals surface area contributed by atoms with Crippen LogP contribution in [-0.4, -0.2) is 42.2 Å². The molecule has 1 N–H and O–H groups in total. The molecule has 1 aliphatic heterocycles. The minimum atomic E-state index is 0.717. The van der Waals surface area contributed by atoms with Gasteiger partial charge in [-0.15, -0.1) is 22.7 Å². The molecule has 4 heterocycles. The number of fused-ring (bicyclic) bond motifs is 3. The maximum atomic E-state index is 5.58. The van der Waals surface area contributed by atoms with Crippen molar-refractivity contribution in [2.24, 2.45) is 0 Å². The quantitative estimate of drug-likeness (QED) is 0.273. The van der Waals surface area contributed by atoms with E-state index in [9.17, 15) is 0 Å². The van der Waals surface area contributed by atoms with Crippen molar-refractivity contribution >= 4 is 64.6 Å². The van der Waals surface area contributed by atoms with Crippen LogP contribution in [0.1, 0.15) is 17.4 Å². The second kappa shape index (κ2) is 8.81. The number of aromatic nitrogens is 2. The van der Waals surface area contributed by atoms with E-state index in [1.165, 1.54) is 20.7 Å². The van der Waals surface area contributed by atoms with Crippen molar-refractivity contribution < 1.29 is 9.47 Å². The van der Waals surface area contributed by atoms with Crippen molar-refractivity contribution in [3.8, 4) is 22.1 Å². The number of hydrogen-bond acceptors (Lipinski definition) is 9. The van der Waals surface area contributed by atoms with Crippen molar-refractivity contribution in [2.75, 3.05) is 32.6 Å². The fourth-order valence-corrected chi connectivity index (χ4v) is 7.80. The van der Waals surface area contributed by atoms with Gasteiger partial charge in [-0.1, -0.05) is 30.4 Å². The lowest BCUT2D eigenvalue weighted by Crippen LogP contribution is -2.29. The molecule has 0 radical (unpaired) electrons. The highest BCUT2D eigenvalue weighted by Crippen LogP contribution is 2.47. The number of nitrogens with one attached hydrogen (secondary N) is 1. The first-order valence-electron chi connectivity index (χ1n) is 11.2. The summed E-state index contributed by atoms with van der Waals surface area (Å²) in [6, 6.07) is 12.3. The Labute approximate surface area is 209 Å². The number of methoxy groups -OCH3 is 2. The Morgan fingerprint density at radius 2 is 1.91 bits per heavy atom. The average molecular weight is 509 g/mol. The molecule has 0 spiro atoms. The Hall–Kier alpha value is -2.72. The lowest BCUT2D eigenvalue weighted by Gasteiger charge is -2.25. The SMILES string of the molecule is CCN1CCc2c(sc(Nc3nc4c(OC)cc(OC)cc4s3)c2-c2nc3ccccc3s2)C1. The monoisotopic (exact) mass is 508 g/mol. The van der Waals surface area contributed by atoms with E-state index in [0.717, 1.165) is 62.7 Å². The van der Waals surface area contributed by atoms with E-state index in [1.54, 1.807) is 36.9 Å². The van der Waals surface area contributed by atoms with Crippen molar-refractivity contribution in [1.82, 2.24) is 14.9 Å². The summed E-state index contributed by atoms with van der Waals surface area (Å²) >= 11 is 5.20. The zero-order valence-electron chi connectivity index (χ0n) is 19.2. The van der Waals surface area contributed by atoms with Gasteiger partial charge in [-0.25, -0.2) is 9.97 Å². The van der Waals surface area contributed by atoms with Gasteiger partial charge in [-0.3, -0.25) is 4.90 Å². The minimum absolute atomic E-state index is 0.717. The summed E-state index contributed by atoms with van der Waals surface area (Å²) in [5.41, 5.74) is 4.56. The Balaban J connectivity index is 1.46. The van der Waals surface area contributed by atoms with E-state index >= 15 is 0 Å². The standard InChI is InChI=1S/C25H24N4O2S3/c1-4-29-10-9-15-20(13-29)33-24(21(15)23-26-16-7-5-6-8-18(16)32-23)28-25-27-22-17(31-3)11-14(30-2)12-19(22)34-25/h5-8,11-12H,4,9-10,13H2,1-3H3,(H,27,28). The highest BCUT2D eigenvalue weighted by atomic mass is 32.1. The molecule has 2 aromatic carbocycles. The molecule has 0 unspecified atom stereocenters. The molecule has 0 bridgehead atoms. The molecule has 0 atom stereocenters. The summed E-state index contributed by atoms with van der Waals surface area (Å²) < 4.78 is 13.3. The van der Waals surface area contributed by atoms with Gasteiger partial charge < -0.3 is 14.8 Å². The van der Waals surface area contributed by atoms with Crippen molar-refractivity contribution in [3.05, 3.63) is 46.8 Å². The van der Waals surface area contributed by atoms with Gasteiger partial charge in [0, 0.05) is 29.6 Å². The smallest absolute Gasteiger partial charge is 0.189 e. The summed E-state index contributed by atoms with van der Waals surface area (Å²) in [7, 11) is 3.33. The predicted octanol–water partition coefficient (Wildman–Crippen LogP) is 6.77. The molecule has 0 fully saturated rings. The second-order valence-corrected chi connectivity index (χ2v) is 11.3. The van der Waals surface area contributed by atoms with Crippen molar-refractivity contribution in [1.29, 1.82) is 0 Å². The van der Waals surface area contributed by atoms with Crippen molar-refractivity contribution in [2.45, 2.75) is 19.9 Å². The first-order chi connectivity index (χ1) is 16.7. The van der Waals surface area contributed by atoms with Crippen LogP contribution in [0, 0.1) is 0 Å². The Morgan fingerprint density at radius 1 is 1.03 bits per heavy atom. The number of thiophene rings is 1. The highest BCUT2D eigenvalue weighted by Gasteiger charge is 2.27. The fourth-order valence-electron chi connectivity index (χ4n) is 4.42. The summed E-state index contributed by atoms with van der Waals surface area (Å²) in [4.78, 5) is 13.8. The molecule has 0 aliphatic carbocycles. The van der Waals surface area contributed by atoms with E-state index in [-0.39, 0.29) is 0 Å². The molecule has 0 saturated carbocycles. The van der Waals surface area contributed by atoms with Crippen LogP contribution in [0.5, 0.6) is 11.5 Å². The Bertz CT molecular complexity index is 1470. The molecule has 0 amide bonds. The number of hydrogen-bond donors (Lipinski definition) is 1. The number of benzene rings is 2. The summed E-state index contributed by atoms with van der Waals surface area (Å²) in [5.74, 6) is 1.48. The van der Waals surface area contributed by atoms with Crippen LogP contribution in [0.15, 0.2) is 36.4 Å².